The highest BCUT2D eigenvalue weighted by atomic mass is 16.2. The molecule has 0 aromatic heterocycles. The maximum atomic E-state index is 11.9. The lowest BCUT2D eigenvalue weighted by Crippen LogP contribution is -2.42. The molecule has 0 aliphatic carbocycles. The third-order valence-electron chi connectivity index (χ3n) is 2.94. The molecule has 0 saturated carbocycles. The van der Waals surface area contributed by atoms with Crippen molar-refractivity contribution in [2.24, 2.45) is 5.92 Å². The van der Waals surface area contributed by atoms with E-state index in [0.29, 0.717) is 25.4 Å². The minimum absolute atomic E-state index is 0.0462. The molecule has 15 heavy (non-hydrogen) atoms. The fraction of sp³-hybridized carbons (Fsp3) is 0.818. The number of hydrogen-bond acceptors (Lipinski definition) is 2. The minimum atomic E-state index is -0.122. The van der Waals surface area contributed by atoms with Gasteiger partial charge in [0.2, 0.25) is 5.91 Å². The number of amides is 3. The molecule has 1 fully saturated rings. The van der Waals surface area contributed by atoms with Gasteiger partial charge in [-0.1, -0.05) is 20.8 Å². The van der Waals surface area contributed by atoms with Gasteiger partial charge in [0.25, 0.3) is 0 Å². The van der Waals surface area contributed by atoms with E-state index in [1.54, 1.807) is 11.8 Å². The number of likely N-dealkylation sites (N-methyl/N-ethyl adjacent to an activating group) is 1. The van der Waals surface area contributed by atoms with Crippen molar-refractivity contribution >= 4 is 11.9 Å². The predicted octanol–water partition coefficient (Wildman–Crippen LogP) is 1.71. The highest BCUT2D eigenvalue weighted by molar-refractivity contribution is 5.96. The SMILES string of the molecule is CCC(=O)N1C(=O)N(CC)C[C@@H]1C(C)C. The average Bonchev–Trinajstić information content (AvgIpc) is 2.54. The Morgan fingerprint density at radius 1 is 1.47 bits per heavy atom. The molecule has 86 valence electrons. The fourth-order valence-electron chi connectivity index (χ4n) is 1.92. The molecule has 4 nitrogen and oxygen atoms in total. The normalized spacial score (nSPS) is 21.7. The number of rotatable bonds is 3. The second kappa shape index (κ2) is 4.64. The van der Waals surface area contributed by atoms with Crippen LogP contribution in [0.25, 0.3) is 0 Å². The van der Waals surface area contributed by atoms with Crippen LogP contribution in [0.1, 0.15) is 34.1 Å². The van der Waals surface area contributed by atoms with Crippen LogP contribution in [0, 0.1) is 5.92 Å². The molecule has 0 aromatic rings. The Hall–Kier alpha value is -1.06. The Labute approximate surface area is 91.2 Å². The van der Waals surface area contributed by atoms with Gasteiger partial charge in [-0.25, -0.2) is 4.79 Å². The van der Waals surface area contributed by atoms with E-state index in [1.165, 1.54) is 4.90 Å². The third kappa shape index (κ3) is 2.13. The van der Waals surface area contributed by atoms with Crippen molar-refractivity contribution in [3.05, 3.63) is 0 Å². The zero-order valence-corrected chi connectivity index (χ0v) is 9.99. The zero-order chi connectivity index (χ0) is 11.6. The Morgan fingerprint density at radius 2 is 2.07 bits per heavy atom. The first-order valence-corrected chi connectivity index (χ1v) is 5.63. The van der Waals surface area contributed by atoms with Crippen LogP contribution in [0.5, 0.6) is 0 Å². The van der Waals surface area contributed by atoms with Gasteiger partial charge >= 0.3 is 6.03 Å². The first kappa shape index (κ1) is 12.0. The van der Waals surface area contributed by atoms with E-state index in [0.717, 1.165) is 0 Å². The molecule has 1 aliphatic heterocycles. The molecule has 1 heterocycles. The van der Waals surface area contributed by atoms with Crippen molar-refractivity contribution < 1.29 is 9.59 Å². The standard InChI is InChI=1S/C11H20N2O2/c1-5-10(14)13-9(8(3)4)7-12(6-2)11(13)15/h8-9H,5-7H2,1-4H3/t9-/m1/s1. The summed E-state index contributed by atoms with van der Waals surface area (Å²) >= 11 is 0. The lowest BCUT2D eigenvalue weighted by Gasteiger charge is -2.23. The third-order valence-corrected chi connectivity index (χ3v) is 2.94. The van der Waals surface area contributed by atoms with Crippen LogP contribution in [-0.4, -0.2) is 40.9 Å². The molecule has 4 heteroatoms. The molecule has 3 amide bonds. The van der Waals surface area contributed by atoms with Gasteiger partial charge in [0.1, 0.15) is 0 Å². The molecule has 0 radical (unpaired) electrons. The zero-order valence-electron chi connectivity index (χ0n) is 9.99. The molecular weight excluding hydrogens is 192 g/mol. The van der Waals surface area contributed by atoms with Crippen LogP contribution in [-0.2, 0) is 4.79 Å². The van der Waals surface area contributed by atoms with Gasteiger partial charge in [0, 0.05) is 19.5 Å². The van der Waals surface area contributed by atoms with Gasteiger partial charge in [-0.3, -0.25) is 9.69 Å². The van der Waals surface area contributed by atoms with E-state index in [1.807, 2.05) is 20.8 Å². The summed E-state index contributed by atoms with van der Waals surface area (Å²) in [6, 6.07) is -0.0760. The van der Waals surface area contributed by atoms with E-state index in [4.69, 9.17) is 0 Å². The summed E-state index contributed by atoms with van der Waals surface area (Å²) in [6.07, 6.45) is 0.395. The topological polar surface area (TPSA) is 40.6 Å². The molecule has 0 bridgehead atoms. The molecule has 0 aromatic carbocycles. The van der Waals surface area contributed by atoms with Gasteiger partial charge < -0.3 is 4.90 Å². The highest BCUT2D eigenvalue weighted by Crippen LogP contribution is 2.22. The summed E-state index contributed by atoms with van der Waals surface area (Å²) in [5, 5.41) is 0. The van der Waals surface area contributed by atoms with E-state index in [9.17, 15) is 9.59 Å². The maximum Gasteiger partial charge on any atom is 0.327 e. The number of hydrogen-bond donors (Lipinski definition) is 0. The number of urea groups is 1. The summed E-state index contributed by atoms with van der Waals surface area (Å²) in [7, 11) is 0. The molecule has 1 rings (SSSR count). The maximum absolute atomic E-state index is 11.9. The molecule has 0 spiro atoms. The number of imide groups is 1. The fourth-order valence-corrected chi connectivity index (χ4v) is 1.92. The van der Waals surface area contributed by atoms with Crippen LogP contribution in [0.15, 0.2) is 0 Å². The van der Waals surface area contributed by atoms with Crippen LogP contribution < -0.4 is 0 Å². The Balaban J connectivity index is 2.88. The molecule has 1 aliphatic rings. The van der Waals surface area contributed by atoms with Crippen molar-refractivity contribution in [1.29, 1.82) is 0 Å². The second-order valence-electron chi connectivity index (χ2n) is 4.25. The van der Waals surface area contributed by atoms with Crippen LogP contribution in [0.4, 0.5) is 4.79 Å². The largest absolute Gasteiger partial charge is 0.327 e. The second-order valence-corrected chi connectivity index (χ2v) is 4.25. The summed E-state index contributed by atoms with van der Waals surface area (Å²) in [4.78, 5) is 26.7. The molecule has 1 saturated heterocycles. The predicted molar refractivity (Wildman–Crippen MR) is 58.4 cm³/mol. The van der Waals surface area contributed by atoms with Crippen LogP contribution in [0.3, 0.4) is 0 Å². The summed E-state index contributed by atoms with van der Waals surface area (Å²) in [5.74, 6) is 0.260. The van der Waals surface area contributed by atoms with E-state index in [-0.39, 0.29) is 18.0 Å². The Morgan fingerprint density at radius 3 is 2.47 bits per heavy atom. The first-order valence-electron chi connectivity index (χ1n) is 5.63. The average molecular weight is 212 g/mol. The highest BCUT2D eigenvalue weighted by Gasteiger charge is 2.40. The van der Waals surface area contributed by atoms with Crippen molar-refractivity contribution in [2.45, 2.75) is 40.2 Å². The Bertz CT molecular complexity index is 263. The summed E-state index contributed by atoms with van der Waals surface area (Å²) in [5.41, 5.74) is 0. The quantitative estimate of drug-likeness (QED) is 0.714. The lowest BCUT2D eigenvalue weighted by atomic mass is 10.0. The van der Waals surface area contributed by atoms with E-state index < -0.39 is 0 Å². The molecule has 0 unspecified atom stereocenters. The van der Waals surface area contributed by atoms with E-state index >= 15 is 0 Å². The van der Waals surface area contributed by atoms with Gasteiger partial charge in [-0.2, -0.15) is 0 Å². The minimum Gasteiger partial charge on any atom is -0.322 e. The number of carbonyl (C=O) groups excluding carboxylic acids is 2. The monoisotopic (exact) mass is 212 g/mol. The lowest BCUT2D eigenvalue weighted by molar-refractivity contribution is -0.129. The van der Waals surface area contributed by atoms with Gasteiger partial charge in [-0.15, -0.1) is 0 Å². The number of nitrogens with zero attached hydrogens (tertiary/aromatic N) is 2. The smallest absolute Gasteiger partial charge is 0.322 e. The summed E-state index contributed by atoms with van der Waals surface area (Å²) < 4.78 is 0. The van der Waals surface area contributed by atoms with Crippen molar-refractivity contribution in [1.82, 2.24) is 9.80 Å². The first-order chi connectivity index (χ1) is 7.02. The Kier molecular flexibility index (Phi) is 3.72. The van der Waals surface area contributed by atoms with Gasteiger partial charge in [-0.05, 0) is 12.8 Å². The van der Waals surface area contributed by atoms with Crippen molar-refractivity contribution in [3.63, 3.8) is 0 Å². The molecular formula is C11H20N2O2. The van der Waals surface area contributed by atoms with Gasteiger partial charge in [0.15, 0.2) is 0 Å². The number of carbonyl (C=O) groups is 2. The molecule has 0 N–H and O–H groups in total. The van der Waals surface area contributed by atoms with Crippen molar-refractivity contribution in [2.75, 3.05) is 13.1 Å². The summed E-state index contributed by atoms with van der Waals surface area (Å²) in [6.45, 7) is 9.19. The van der Waals surface area contributed by atoms with Crippen molar-refractivity contribution in [3.8, 4) is 0 Å². The van der Waals surface area contributed by atoms with E-state index in [2.05, 4.69) is 0 Å². The van der Waals surface area contributed by atoms with Gasteiger partial charge in [0.05, 0.1) is 6.04 Å². The molecule has 1 atom stereocenters. The van der Waals surface area contributed by atoms with Crippen LogP contribution >= 0.6 is 0 Å². The van der Waals surface area contributed by atoms with Crippen LogP contribution in [0.2, 0.25) is 0 Å².